The van der Waals surface area contributed by atoms with Crippen LogP contribution in [-0.4, -0.2) is 41.1 Å². The minimum atomic E-state index is -0.878. The maximum absolute atomic E-state index is 11.0. The van der Waals surface area contributed by atoms with E-state index in [1.54, 1.807) is 6.33 Å². The summed E-state index contributed by atoms with van der Waals surface area (Å²) in [6.07, 6.45) is 1.79. The molecule has 2 heterocycles. The molecular weight excluding hydrogens is 362 g/mol. The van der Waals surface area contributed by atoms with Crippen molar-refractivity contribution in [2.24, 2.45) is 0 Å². The van der Waals surface area contributed by atoms with E-state index in [1.165, 1.54) is 11.8 Å². The Morgan fingerprint density at radius 2 is 1.78 bits per heavy atom. The van der Waals surface area contributed by atoms with Gasteiger partial charge < -0.3 is 9.67 Å². The van der Waals surface area contributed by atoms with Gasteiger partial charge in [-0.1, -0.05) is 54.2 Å². The second-order valence-electron chi connectivity index (χ2n) is 6.01. The molecular formula is C19H17N5O2S. The number of carboxylic acid groups (broad SMARTS) is 1. The van der Waals surface area contributed by atoms with Gasteiger partial charge in [0.25, 0.3) is 0 Å². The van der Waals surface area contributed by atoms with Gasteiger partial charge in [0.1, 0.15) is 0 Å². The number of aliphatic carboxylic acids is 1. The maximum atomic E-state index is 11.0. The van der Waals surface area contributed by atoms with Crippen LogP contribution < -0.4 is 0 Å². The van der Waals surface area contributed by atoms with Gasteiger partial charge in [-0.2, -0.15) is 0 Å². The number of carboxylic acids is 1. The number of hydrogen-bond donors (Lipinski definition) is 1. The third-order valence-corrected chi connectivity index (χ3v) is 5.09. The Labute approximate surface area is 159 Å². The number of hydrogen-bond acceptors (Lipinski definition) is 5. The highest BCUT2D eigenvalue weighted by molar-refractivity contribution is 7.99. The van der Waals surface area contributed by atoms with Crippen LogP contribution in [0.4, 0.5) is 0 Å². The monoisotopic (exact) mass is 379 g/mol. The molecule has 0 radical (unpaired) electrons. The minimum absolute atomic E-state index is 0.0546. The van der Waals surface area contributed by atoms with Crippen molar-refractivity contribution in [3.8, 4) is 0 Å². The number of aromatic nitrogens is 5. The Morgan fingerprint density at radius 3 is 2.59 bits per heavy atom. The highest BCUT2D eigenvalue weighted by atomic mass is 32.2. The van der Waals surface area contributed by atoms with Crippen LogP contribution in [0.5, 0.6) is 0 Å². The first-order chi connectivity index (χ1) is 13.2. The Morgan fingerprint density at radius 1 is 1.00 bits per heavy atom. The SMILES string of the molecule is O=C(O)CSc1nnc(Cn2cnc3ccccc32)n1Cc1ccccc1. The van der Waals surface area contributed by atoms with Crippen LogP contribution in [-0.2, 0) is 17.9 Å². The molecule has 2 aromatic heterocycles. The summed E-state index contributed by atoms with van der Waals surface area (Å²) in [5.41, 5.74) is 3.05. The number of carbonyl (C=O) groups is 1. The third kappa shape index (κ3) is 3.85. The van der Waals surface area contributed by atoms with Crippen LogP contribution in [0.2, 0.25) is 0 Å². The van der Waals surface area contributed by atoms with Crippen molar-refractivity contribution in [3.05, 3.63) is 72.3 Å². The van der Waals surface area contributed by atoms with Crippen molar-refractivity contribution in [2.45, 2.75) is 18.2 Å². The molecule has 0 saturated heterocycles. The van der Waals surface area contributed by atoms with Crippen LogP contribution in [0, 0.1) is 0 Å². The largest absolute Gasteiger partial charge is 0.481 e. The number of fused-ring (bicyclic) bond motifs is 1. The van der Waals surface area contributed by atoms with E-state index in [-0.39, 0.29) is 5.75 Å². The van der Waals surface area contributed by atoms with E-state index >= 15 is 0 Å². The number of benzene rings is 2. The lowest BCUT2D eigenvalue weighted by molar-refractivity contribution is -0.133. The number of para-hydroxylation sites is 2. The summed E-state index contributed by atoms with van der Waals surface area (Å²) in [7, 11) is 0. The van der Waals surface area contributed by atoms with Gasteiger partial charge in [-0.3, -0.25) is 9.36 Å². The molecule has 0 amide bonds. The Bertz CT molecular complexity index is 1070. The fourth-order valence-electron chi connectivity index (χ4n) is 2.88. The molecule has 0 aliphatic heterocycles. The van der Waals surface area contributed by atoms with Gasteiger partial charge in [-0.25, -0.2) is 4.98 Å². The summed E-state index contributed by atoms with van der Waals surface area (Å²) in [6.45, 7) is 1.09. The topological polar surface area (TPSA) is 85.8 Å². The molecule has 27 heavy (non-hydrogen) atoms. The zero-order valence-electron chi connectivity index (χ0n) is 14.4. The molecule has 0 atom stereocenters. The van der Waals surface area contributed by atoms with Crippen molar-refractivity contribution in [1.82, 2.24) is 24.3 Å². The van der Waals surface area contributed by atoms with Crippen molar-refractivity contribution < 1.29 is 9.90 Å². The van der Waals surface area contributed by atoms with Gasteiger partial charge in [0.05, 0.1) is 36.2 Å². The van der Waals surface area contributed by atoms with E-state index in [2.05, 4.69) is 15.2 Å². The van der Waals surface area contributed by atoms with Gasteiger partial charge >= 0.3 is 5.97 Å². The van der Waals surface area contributed by atoms with E-state index in [0.717, 1.165) is 22.4 Å². The predicted molar refractivity (Wildman–Crippen MR) is 103 cm³/mol. The van der Waals surface area contributed by atoms with E-state index in [0.29, 0.717) is 18.2 Å². The first-order valence-electron chi connectivity index (χ1n) is 8.41. The van der Waals surface area contributed by atoms with Gasteiger partial charge in [-0.05, 0) is 17.7 Å². The summed E-state index contributed by atoms with van der Waals surface area (Å²) in [5.74, 6) is -0.174. The second kappa shape index (κ2) is 7.63. The van der Waals surface area contributed by atoms with Crippen LogP contribution in [0.1, 0.15) is 11.4 Å². The number of thioether (sulfide) groups is 1. The fraction of sp³-hybridized carbons (Fsp3) is 0.158. The lowest BCUT2D eigenvalue weighted by atomic mass is 10.2. The summed E-state index contributed by atoms with van der Waals surface area (Å²) in [5, 5.41) is 18.1. The van der Waals surface area contributed by atoms with Gasteiger partial charge in [0.15, 0.2) is 11.0 Å². The van der Waals surface area contributed by atoms with E-state index in [9.17, 15) is 4.79 Å². The van der Waals surface area contributed by atoms with Crippen LogP contribution in [0.15, 0.2) is 66.1 Å². The molecule has 4 aromatic rings. The summed E-state index contributed by atoms with van der Waals surface area (Å²) in [6, 6.07) is 17.9. The molecule has 7 nitrogen and oxygen atoms in total. The highest BCUT2D eigenvalue weighted by Gasteiger charge is 2.15. The molecule has 0 spiro atoms. The average Bonchev–Trinajstić information content (AvgIpc) is 3.26. The maximum Gasteiger partial charge on any atom is 0.313 e. The summed E-state index contributed by atoms with van der Waals surface area (Å²) < 4.78 is 3.99. The standard InChI is InChI=1S/C19H17N5O2S/c25-18(26)12-27-19-22-21-17(24(19)10-14-6-2-1-3-7-14)11-23-13-20-15-8-4-5-9-16(15)23/h1-9,13H,10-12H2,(H,25,26). The third-order valence-electron chi connectivity index (χ3n) is 4.14. The molecule has 8 heteroatoms. The molecule has 0 aliphatic carbocycles. The van der Waals surface area contributed by atoms with Gasteiger partial charge in [-0.15, -0.1) is 10.2 Å². The molecule has 0 fully saturated rings. The molecule has 4 rings (SSSR count). The van der Waals surface area contributed by atoms with E-state index < -0.39 is 5.97 Å². The van der Waals surface area contributed by atoms with Crippen LogP contribution >= 0.6 is 11.8 Å². The van der Waals surface area contributed by atoms with Gasteiger partial charge in [0, 0.05) is 0 Å². The predicted octanol–water partition coefficient (Wildman–Crippen LogP) is 2.90. The van der Waals surface area contributed by atoms with Crippen molar-refractivity contribution >= 4 is 28.8 Å². The highest BCUT2D eigenvalue weighted by Crippen LogP contribution is 2.20. The smallest absolute Gasteiger partial charge is 0.313 e. The molecule has 2 aromatic carbocycles. The number of imidazole rings is 1. The summed E-state index contributed by atoms with van der Waals surface area (Å²) in [4.78, 5) is 15.4. The minimum Gasteiger partial charge on any atom is -0.481 e. The zero-order chi connectivity index (χ0) is 18.6. The average molecular weight is 379 g/mol. The van der Waals surface area contributed by atoms with E-state index in [1.807, 2.05) is 63.7 Å². The Kier molecular flexibility index (Phi) is 4.88. The number of rotatable bonds is 7. The zero-order valence-corrected chi connectivity index (χ0v) is 15.2. The number of nitrogens with zero attached hydrogens (tertiary/aromatic N) is 5. The Balaban J connectivity index is 1.67. The molecule has 136 valence electrons. The lowest BCUT2D eigenvalue weighted by Crippen LogP contribution is -2.11. The van der Waals surface area contributed by atoms with Crippen LogP contribution in [0.3, 0.4) is 0 Å². The molecule has 0 bridgehead atoms. The van der Waals surface area contributed by atoms with Crippen molar-refractivity contribution in [1.29, 1.82) is 0 Å². The molecule has 0 saturated carbocycles. The van der Waals surface area contributed by atoms with Crippen molar-refractivity contribution in [2.75, 3.05) is 5.75 Å². The first-order valence-corrected chi connectivity index (χ1v) is 9.40. The first kappa shape index (κ1) is 17.3. The molecule has 1 N–H and O–H groups in total. The van der Waals surface area contributed by atoms with Crippen LogP contribution in [0.25, 0.3) is 11.0 Å². The molecule has 0 unspecified atom stereocenters. The van der Waals surface area contributed by atoms with E-state index in [4.69, 9.17) is 5.11 Å². The Hall–Kier alpha value is -3.13. The van der Waals surface area contributed by atoms with Crippen molar-refractivity contribution in [3.63, 3.8) is 0 Å². The summed E-state index contributed by atoms with van der Waals surface area (Å²) >= 11 is 1.18. The normalized spacial score (nSPS) is 11.1. The lowest BCUT2D eigenvalue weighted by Gasteiger charge is -2.11. The fourth-order valence-corrected chi connectivity index (χ4v) is 3.56. The second-order valence-corrected chi connectivity index (χ2v) is 6.96. The molecule has 0 aliphatic rings. The quantitative estimate of drug-likeness (QED) is 0.497. The van der Waals surface area contributed by atoms with Gasteiger partial charge in [0.2, 0.25) is 0 Å².